The second kappa shape index (κ2) is 13.0. The van der Waals surface area contributed by atoms with Gasteiger partial charge in [0.25, 0.3) is 0 Å². The van der Waals surface area contributed by atoms with E-state index >= 15 is 0 Å². The van der Waals surface area contributed by atoms with Gasteiger partial charge in [-0.1, -0.05) is 133 Å². The van der Waals surface area contributed by atoms with Gasteiger partial charge in [0.1, 0.15) is 22.3 Å². The molecule has 0 saturated heterocycles. The van der Waals surface area contributed by atoms with Gasteiger partial charge in [-0.2, -0.15) is 0 Å². The molecule has 0 fully saturated rings. The van der Waals surface area contributed by atoms with Gasteiger partial charge >= 0.3 is 0 Å². The van der Waals surface area contributed by atoms with Crippen molar-refractivity contribution in [2.24, 2.45) is 0 Å². The Balaban J connectivity index is 1.03. The van der Waals surface area contributed by atoms with Gasteiger partial charge in [0.15, 0.2) is 5.82 Å². The third kappa shape index (κ3) is 5.37. The molecule has 0 amide bonds. The van der Waals surface area contributed by atoms with Crippen LogP contribution in [0.3, 0.4) is 0 Å². The molecule has 0 bridgehead atoms. The van der Waals surface area contributed by atoms with Crippen molar-refractivity contribution in [2.75, 3.05) is 0 Å². The fourth-order valence-electron chi connectivity index (χ4n) is 7.91. The van der Waals surface area contributed by atoms with Crippen LogP contribution < -0.4 is 0 Å². The predicted molar refractivity (Wildman–Crippen MR) is 227 cm³/mol. The zero-order valence-electron chi connectivity index (χ0n) is 30.1. The normalized spacial score (nSPS) is 11.6. The third-order valence-corrected chi connectivity index (χ3v) is 10.6. The second-order valence-corrected chi connectivity index (χ2v) is 13.9. The molecule has 0 N–H and O–H groups in total. The van der Waals surface area contributed by atoms with E-state index in [1.807, 2.05) is 79.0 Å². The lowest BCUT2D eigenvalue weighted by Gasteiger charge is -2.13. The van der Waals surface area contributed by atoms with Gasteiger partial charge in [0.2, 0.25) is 0 Å². The van der Waals surface area contributed by atoms with Crippen molar-refractivity contribution in [3.8, 4) is 67.4 Å². The van der Waals surface area contributed by atoms with Crippen LogP contribution in [-0.2, 0) is 0 Å². The van der Waals surface area contributed by atoms with Crippen LogP contribution in [0.2, 0.25) is 0 Å². The first-order valence-corrected chi connectivity index (χ1v) is 18.7. The lowest BCUT2D eigenvalue weighted by Crippen LogP contribution is -1.98. The molecule has 0 saturated carbocycles. The quantitative estimate of drug-likeness (QED) is 0.171. The number of aromatic nitrogens is 3. The summed E-state index contributed by atoms with van der Waals surface area (Å²) in [6.45, 7) is 0. The number of rotatable bonds is 6. The Hall–Kier alpha value is -7.63. The van der Waals surface area contributed by atoms with Gasteiger partial charge in [0, 0.05) is 55.6 Å². The first kappa shape index (κ1) is 31.9. The minimum Gasteiger partial charge on any atom is -0.456 e. The van der Waals surface area contributed by atoms with Gasteiger partial charge in [-0.05, 0) is 65.2 Å². The van der Waals surface area contributed by atoms with E-state index in [1.165, 1.54) is 0 Å². The van der Waals surface area contributed by atoms with E-state index in [0.717, 1.165) is 105 Å². The Morgan fingerprint density at radius 2 is 0.946 bits per heavy atom. The van der Waals surface area contributed by atoms with E-state index in [2.05, 4.69) is 114 Å². The summed E-state index contributed by atoms with van der Waals surface area (Å²) in [5.74, 6) is 0.645. The molecule has 0 radical (unpaired) electrons. The summed E-state index contributed by atoms with van der Waals surface area (Å²) >= 11 is 0. The Morgan fingerprint density at radius 1 is 0.339 bits per heavy atom. The molecule has 0 aliphatic carbocycles. The molecule has 11 rings (SSSR count). The molecule has 4 aromatic heterocycles. The molecule has 5 heteroatoms. The number of hydrogen-bond acceptors (Lipinski definition) is 5. The molecule has 7 aromatic carbocycles. The molecule has 0 aliphatic rings. The van der Waals surface area contributed by atoms with E-state index in [1.54, 1.807) is 0 Å². The van der Waals surface area contributed by atoms with E-state index in [0.29, 0.717) is 5.82 Å². The summed E-state index contributed by atoms with van der Waals surface area (Å²) in [7, 11) is 0. The molecular formula is C51H31N3O2. The van der Waals surface area contributed by atoms with Gasteiger partial charge in [0.05, 0.1) is 17.1 Å². The summed E-state index contributed by atoms with van der Waals surface area (Å²) in [6, 6.07) is 62.4. The summed E-state index contributed by atoms with van der Waals surface area (Å²) in [4.78, 5) is 14.9. The van der Waals surface area contributed by atoms with Gasteiger partial charge < -0.3 is 8.83 Å². The van der Waals surface area contributed by atoms with Crippen LogP contribution in [0, 0.1) is 0 Å². The molecule has 0 atom stereocenters. The highest BCUT2D eigenvalue weighted by Gasteiger charge is 2.19. The summed E-state index contributed by atoms with van der Waals surface area (Å²) in [5, 5.41) is 4.39. The molecule has 0 unspecified atom stereocenters. The van der Waals surface area contributed by atoms with Crippen molar-refractivity contribution in [3.63, 3.8) is 0 Å². The summed E-state index contributed by atoms with van der Waals surface area (Å²) in [5.41, 5.74) is 14.2. The molecule has 4 heterocycles. The van der Waals surface area contributed by atoms with Crippen molar-refractivity contribution >= 4 is 43.9 Å². The van der Waals surface area contributed by atoms with Crippen LogP contribution in [0.4, 0.5) is 0 Å². The number of hydrogen-bond donors (Lipinski definition) is 0. The summed E-state index contributed by atoms with van der Waals surface area (Å²) in [6.07, 6.45) is 1.81. The zero-order chi connectivity index (χ0) is 37.0. The zero-order valence-corrected chi connectivity index (χ0v) is 30.1. The number of nitrogens with zero attached hydrogens (tertiary/aromatic N) is 3. The highest BCUT2D eigenvalue weighted by atomic mass is 16.3. The molecule has 0 aliphatic heterocycles. The van der Waals surface area contributed by atoms with Crippen molar-refractivity contribution in [1.82, 2.24) is 15.0 Å². The van der Waals surface area contributed by atoms with Crippen LogP contribution in [0.1, 0.15) is 0 Å². The van der Waals surface area contributed by atoms with E-state index in [4.69, 9.17) is 18.8 Å². The smallest absolute Gasteiger partial charge is 0.161 e. The molecule has 262 valence electrons. The minimum absolute atomic E-state index is 0.645. The highest BCUT2D eigenvalue weighted by Crippen LogP contribution is 2.43. The first-order chi connectivity index (χ1) is 27.7. The molecule has 0 spiro atoms. The van der Waals surface area contributed by atoms with Crippen LogP contribution in [0.15, 0.2) is 197 Å². The predicted octanol–water partition coefficient (Wildman–Crippen LogP) is 13.7. The number of pyridine rings is 1. The van der Waals surface area contributed by atoms with Crippen molar-refractivity contribution < 1.29 is 8.83 Å². The fraction of sp³-hybridized carbons (Fsp3) is 0. The van der Waals surface area contributed by atoms with E-state index < -0.39 is 0 Å². The lowest BCUT2D eigenvalue weighted by molar-refractivity contribution is 0.668. The highest BCUT2D eigenvalue weighted by molar-refractivity contribution is 6.17. The van der Waals surface area contributed by atoms with Crippen LogP contribution >= 0.6 is 0 Å². The number of furan rings is 2. The molecular weight excluding hydrogens is 687 g/mol. The lowest BCUT2D eigenvalue weighted by atomic mass is 9.93. The molecule has 56 heavy (non-hydrogen) atoms. The van der Waals surface area contributed by atoms with Crippen molar-refractivity contribution in [2.45, 2.75) is 0 Å². The van der Waals surface area contributed by atoms with E-state index in [9.17, 15) is 0 Å². The Morgan fingerprint density at radius 3 is 1.73 bits per heavy atom. The number of benzene rings is 7. The Labute approximate surface area is 322 Å². The van der Waals surface area contributed by atoms with Crippen molar-refractivity contribution in [3.05, 3.63) is 188 Å². The van der Waals surface area contributed by atoms with Crippen LogP contribution in [-0.4, -0.2) is 15.0 Å². The molecule has 11 aromatic rings. The third-order valence-electron chi connectivity index (χ3n) is 10.6. The number of fused-ring (bicyclic) bond motifs is 6. The fourth-order valence-corrected chi connectivity index (χ4v) is 7.91. The summed E-state index contributed by atoms with van der Waals surface area (Å²) < 4.78 is 13.0. The van der Waals surface area contributed by atoms with Gasteiger partial charge in [-0.15, -0.1) is 0 Å². The standard InChI is InChI=1S/C51H31N3O2/c1-2-12-33(13-3-1)44-31-45(54-51(53-44)41-16-5-4-14-38(41)43-18-10-11-29-52-43)34-23-21-32(22-24-34)37-28-27-36(49-42-17-7-9-20-47(42)56-50(37)49)35-25-26-40-39-15-6-8-19-46(39)55-48(40)30-35/h1-31H. The van der Waals surface area contributed by atoms with Crippen LogP contribution in [0.25, 0.3) is 111 Å². The largest absolute Gasteiger partial charge is 0.456 e. The maximum Gasteiger partial charge on any atom is 0.161 e. The van der Waals surface area contributed by atoms with Gasteiger partial charge in [-0.3, -0.25) is 4.98 Å². The van der Waals surface area contributed by atoms with Crippen LogP contribution in [0.5, 0.6) is 0 Å². The maximum absolute atomic E-state index is 6.68. The topological polar surface area (TPSA) is 65.0 Å². The maximum atomic E-state index is 6.68. The first-order valence-electron chi connectivity index (χ1n) is 18.7. The second-order valence-electron chi connectivity index (χ2n) is 13.9. The van der Waals surface area contributed by atoms with E-state index in [-0.39, 0.29) is 0 Å². The SMILES string of the molecule is c1ccc(-c2cc(-c3ccc(-c4ccc(-c5ccc6c(c5)oc5ccccc56)c5c4oc4ccccc45)cc3)nc(-c3ccccc3-c3ccccn3)n2)cc1. The number of para-hydroxylation sites is 2. The average molecular weight is 718 g/mol. The minimum atomic E-state index is 0.645. The molecule has 5 nitrogen and oxygen atoms in total. The Kier molecular flexibility index (Phi) is 7.42. The van der Waals surface area contributed by atoms with Gasteiger partial charge in [-0.25, -0.2) is 9.97 Å². The Bertz CT molecular complexity index is 3240. The monoisotopic (exact) mass is 717 g/mol. The average Bonchev–Trinajstić information content (AvgIpc) is 3.85. The van der Waals surface area contributed by atoms with Crippen molar-refractivity contribution in [1.29, 1.82) is 0 Å².